The Morgan fingerprint density at radius 3 is 2.43 bits per heavy atom. The number of anilines is 1. The maximum Gasteiger partial charge on any atom is 0.338 e. The number of nitrogens with zero attached hydrogens (tertiary/aromatic N) is 2. The van der Waals surface area contributed by atoms with Crippen LogP contribution < -0.4 is 9.64 Å². The first kappa shape index (κ1) is 25.9. The Bertz CT molecular complexity index is 1350. The molecule has 1 saturated heterocycles. The van der Waals surface area contributed by atoms with E-state index < -0.39 is 23.7 Å². The molecule has 1 fully saturated rings. The van der Waals surface area contributed by atoms with E-state index >= 15 is 0 Å². The number of aromatic nitrogens is 1. The van der Waals surface area contributed by atoms with Crippen LogP contribution in [-0.2, 0) is 14.3 Å². The van der Waals surface area contributed by atoms with Crippen LogP contribution >= 0.6 is 11.6 Å². The summed E-state index contributed by atoms with van der Waals surface area (Å²) >= 11 is 6.19. The third-order valence-corrected chi connectivity index (χ3v) is 6.05. The molecule has 2 aromatic carbocycles. The van der Waals surface area contributed by atoms with E-state index in [1.807, 2.05) is 6.92 Å². The van der Waals surface area contributed by atoms with Crippen molar-refractivity contribution in [2.75, 3.05) is 18.1 Å². The van der Waals surface area contributed by atoms with E-state index in [1.165, 1.54) is 29.3 Å². The molecule has 0 saturated carbocycles. The van der Waals surface area contributed by atoms with Crippen molar-refractivity contribution in [1.29, 1.82) is 0 Å². The number of halogens is 1. The highest BCUT2D eigenvalue weighted by molar-refractivity contribution is 6.51. The van der Waals surface area contributed by atoms with Gasteiger partial charge in [0.1, 0.15) is 17.6 Å². The number of ketones is 1. The van der Waals surface area contributed by atoms with Crippen molar-refractivity contribution < 1.29 is 29.0 Å². The first-order valence-corrected chi connectivity index (χ1v) is 12.2. The van der Waals surface area contributed by atoms with Crippen LogP contribution in [0.5, 0.6) is 5.75 Å². The molecule has 4 rings (SSSR count). The molecule has 0 bridgehead atoms. The number of hydrogen-bond acceptors (Lipinski definition) is 7. The van der Waals surface area contributed by atoms with E-state index in [0.717, 1.165) is 0 Å². The van der Waals surface area contributed by atoms with Crippen LogP contribution in [0.15, 0.2) is 72.4 Å². The molecule has 1 aromatic heterocycles. The molecule has 1 amide bonds. The summed E-state index contributed by atoms with van der Waals surface area (Å²) in [6, 6.07) is 14.9. The molecule has 9 heteroatoms. The number of Topliss-reactive ketones (excluding diaryl/α,β-unsaturated/α-hetero) is 1. The Morgan fingerprint density at radius 2 is 1.78 bits per heavy atom. The summed E-state index contributed by atoms with van der Waals surface area (Å²) in [6.07, 6.45) is 2.23. The molecule has 1 aliphatic rings. The third-order valence-electron chi connectivity index (χ3n) is 5.74. The molecule has 37 heavy (non-hydrogen) atoms. The average Bonchev–Trinajstić information content (AvgIpc) is 3.19. The maximum atomic E-state index is 13.3. The number of ether oxygens (including phenoxy) is 2. The van der Waals surface area contributed by atoms with Crippen LogP contribution in [0.1, 0.15) is 47.9 Å². The lowest BCUT2D eigenvalue weighted by atomic mass is 9.98. The number of aliphatic hydroxyl groups is 1. The Labute approximate surface area is 219 Å². The lowest BCUT2D eigenvalue weighted by Crippen LogP contribution is -2.29. The molecule has 1 N–H and O–H groups in total. The molecule has 3 aromatic rings. The molecule has 1 unspecified atom stereocenters. The standard InChI is InChI=1S/C28H25ClN2O6/c1-3-15-37-28(35)17-8-11-19(12-9-17)31-24(21-7-5-6-14-30-21)23(26(33)27(31)34)25(32)18-10-13-20(29)22(16-18)36-4-2/h5-14,16,24,32H,3-4,15H2,1-2H3/b25-23-. The lowest BCUT2D eigenvalue weighted by Gasteiger charge is -2.24. The van der Waals surface area contributed by atoms with Gasteiger partial charge in [-0.3, -0.25) is 19.5 Å². The highest BCUT2D eigenvalue weighted by atomic mass is 35.5. The van der Waals surface area contributed by atoms with Gasteiger partial charge in [0.25, 0.3) is 11.7 Å². The largest absolute Gasteiger partial charge is 0.507 e. The summed E-state index contributed by atoms with van der Waals surface area (Å²) in [4.78, 5) is 44.4. The highest BCUT2D eigenvalue weighted by Gasteiger charge is 2.47. The van der Waals surface area contributed by atoms with Crippen LogP contribution in [0.4, 0.5) is 5.69 Å². The Kier molecular flexibility index (Phi) is 7.89. The van der Waals surface area contributed by atoms with Crippen LogP contribution in [0.25, 0.3) is 5.76 Å². The van der Waals surface area contributed by atoms with E-state index in [-0.39, 0.29) is 16.9 Å². The Morgan fingerprint density at radius 1 is 1.05 bits per heavy atom. The number of rotatable bonds is 8. The van der Waals surface area contributed by atoms with Gasteiger partial charge in [-0.05, 0) is 67.9 Å². The average molecular weight is 521 g/mol. The molecular weight excluding hydrogens is 496 g/mol. The number of benzene rings is 2. The number of aliphatic hydroxyl groups excluding tert-OH is 1. The van der Waals surface area contributed by atoms with E-state index in [2.05, 4.69) is 4.98 Å². The molecular formula is C28H25ClN2O6. The number of pyridine rings is 1. The number of amides is 1. The summed E-state index contributed by atoms with van der Waals surface area (Å²) in [5.74, 6) is -2.23. The minimum atomic E-state index is -1.01. The molecule has 190 valence electrons. The van der Waals surface area contributed by atoms with E-state index in [9.17, 15) is 19.5 Å². The van der Waals surface area contributed by atoms with E-state index in [0.29, 0.717) is 47.4 Å². The second kappa shape index (κ2) is 11.3. The van der Waals surface area contributed by atoms with Gasteiger partial charge >= 0.3 is 5.97 Å². The SMILES string of the molecule is CCCOC(=O)c1ccc(N2C(=O)C(=O)/C(=C(\O)c3ccc(Cl)c(OCC)c3)C2c2ccccn2)cc1. The van der Waals surface area contributed by atoms with E-state index in [1.54, 1.807) is 49.4 Å². The topological polar surface area (TPSA) is 106 Å². The molecule has 0 spiro atoms. The van der Waals surface area contributed by atoms with Gasteiger partial charge in [-0.2, -0.15) is 0 Å². The van der Waals surface area contributed by atoms with Gasteiger partial charge in [0, 0.05) is 17.4 Å². The van der Waals surface area contributed by atoms with Crippen molar-refractivity contribution in [3.63, 3.8) is 0 Å². The van der Waals surface area contributed by atoms with Crippen LogP contribution in [-0.4, -0.2) is 41.0 Å². The minimum Gasteiger partial charge on any atom is -0.507 e. The van der Waals surface area contributed by atoms with Crippen molar-refractivity contribution in [2.45, 2.75) is 26.3 Å². The summed E-state index contributed by atoms with van der Waals surface area (Å²) in [7, 11) is 0. The zero-order chi connectivity index (χ0) is 26.5. The number of hydrogen-bond donors (Lipinski definition) is 1. The van der Waals surface area contributed by atoms with Gasteiger partial charge in [0.05, 0.1) is 35.1 Å². The van der Waals surface area contributed by atoms with Gasteiger partial charge in [-0.25, -0.2) is 4.79 Å². The third kappa shape index (κ3) is 5.20. The van der Waals surface area contributed by atoms with Gasteiger partial charge in [-0.1, -0.05) is 24.6 Å². The second-order valence-corrected chi connectivity index (χ2v) is 8.59. The summed E-state index contributed by atoms with van der Waals surface area (Å²) in [5, 5.41) is 11.6. The van der Waals surface area contributed by atoms with Crippen LogP contribution in [0.2, 0.25) is 5.02 Å². The van der Waals surface area contributed by atoms with Crippen molar-refractivity contribution in [2.24, 2.45) is 0 Å². The fourth-order valence-corrected chi connectivity index (χ4v) is 4.20. The number of carbonyl (C=O) groups excluding carboxylic acids is 3. The van der Waals surface area contributed by atoms with Crippen molar-refractivity contribution >= 4 is 40.7 Å². The van der Waals surface area contributed by atoms with Gasteiger partial charge in [0.15, 0.2) is 0 Å². The second-order valence-electron chi connectivity index (χ2n) is 8.18. The summed E-state index contributed by atoms with van der Waals surface area (Å²) in [6.45, 7) is 4.34. The van der Waals surface area contributed by atoms with Crippen molar-refractivity contribution in [3.05, 3.63) is 94.3 Å². The Balaban J connectivity index is 1.81. The fraction of sp³-hybridized carbons (Fsp3) is 0.214. The van der Waals surface area contributed by atoms with Crippen LogP contribution in [0.3, 0.4) is 0 Å². The minimum absolute atomic E-state index is 0.125. The quantitative estimate of drug-likeness (QED) is 0.185. The Hall–Kier alpha value is -4.17. The predicted octanol–water partition coefficient (Wildman–Crippen LogP) is 5.33. The first-order valence-electron chi connectivity index (χ1n) is 11.8. The predicted molar refractivity (Wildman–Crippen MR) is 139 cm³/mol. The summed E-state index contributed by atoms with van der Waals surface area (Å²) in [5.41, 5.74) is 1.19. The molecule has 1 atom stereocenters. The zero-order valence-corrected chi connectivity index (χ0v) is 21.1. The smallest absolute Gasteiger partial charge is 0.338 e. The summed E-state index contributed by atoms with van der Waals surface area (Å²) < 4.78 is 10.7. The monoisotopic (exact) mass is 520 g/mol. The highest BCUT2D eigenvalue weighted by Crippen LogP contribution is 2.42. The normalized spacial score (nSPS) is 16.6. The molecule has 2 heterocycles. The van der Waals surface area contributed by atoms with E-state index in [4.69, 9.17) is 21.1 Å². The molecule has 0 radical (unpaired) electrons. The molecule has 0 aliphatic carbocycles. The first-order chi connectivity index (χ1) is 17.9. The number of esters is 1. The van der Waals surface area contributed by atoms with Gasteiger partial charge < -0.3 is 14.6 Å². The van der Waals surface area contributed by atoms with Crippen molar-refractivity contribution in [3.8, 4) is 5.75 Å². The van der Waals surface area contributed by atoms with Gasteiger partial charge in [-0.15, -0.1) is 0 Å². The van der Waals surface area contributed by atoms with Crippen molar-refractivity contribution in [1.82, 2.24) is 4.98 Å². The van der Waals surface area contributed by atoms with Crippen LogP contribution in [0, 0.1) is 0 Å². The molecule has 1 aliphatic heterocycles. The zero-order valence-electron chi connectivity index (χ0n) is 20.3. The number of carbonyl (C=O) groups is 3. The van der Waals surface area contributed by atoms with Gasteiger partial charge in [0.2, 0.25) is 0 Å². The lowest BCUT2D eigenvalue weighted by molar-refractivity contribution is -0.132. The molecule has 8 nitrogen and oxygen atoms in total. The fourth-order valence-electron chi connectivity index (χ4n) is 4.02. The maximum absolute atomic E-state index is 13.3.